The van der Waals surface area contributed by atoms with Gasteiger partial charge >= 0.3 is 0 Å². The van der Waals surface area contributed by atoms with Crippen LogP contribution in [-0.4, -0.2) is 36.1 Å². The predicted octanol–water partition coefficient (Wildman–Crippen LogP) is 1.14. The van der Waals surface area contributed by atoms with E-state index in [1.54, 1.807) is 18.3 Å². The highest BCUT2D eigenvalue weighted by Crippen LogP contribution is 2.09. The monoisotopic (exact) mass is 207 g/mol. The van der Waals surface area contributed by atoms with Gasteiger partial charge in [0.25, 0.3) is 0 Å². The number of nitrogens with zero attached hydrogens (tertiary/aromatic N) is 2. The van der Waals surface area contributed by atoms with Crippen LogP contribution in [-0.2, 0) is 0 Å². The van der Waals surface area contributed by atoms with Crippen molar-refractivity contribution in [2.75, 3.05) is 32.0 Å². The molecule has 0 saturated carbocycles. The first-order valence-electron chi connectivity index (χ1n) is 5.41. The van der Waals surface area contributed by atoms with Gasteiger partial charge in [0.05, 0.1) is 11.9 Å². The number of rotatable bonds is 4. The summed E-state index contributed by atoms with van der Waals surface area (Å²) in [4.78, 5) is 6.49. The number of ether oxygens (including phenoxy) is 1. The Bertz CT molecular complexity index is 293. The van der Waals surface area contributed by atoms with Gasteiger partial charge in [-0.1, -0.05) is 0 Å². The van der Waals surface area contributed by atoms with Crippen LogP contribution in [0.3, 0.4) is 0 Å². The van der Waals surface area contributed by atoms with Crippen LogP contribution in [0, 0.1) is 0 Å². The Hall–Kier alpha value is -1.29. The van der Waals surface area contributed by atoms with Gasteiger partial charge in [-0.15, -0.1) is 0 Å². The summed E-state index contributed by atoms with van der Waals surface area (Å²) >= 11 is 0. The second-order valence-corrected chi connectivity index (χ2v) is 3.83. The summed E-state index contributed by atoms with van der Waals surface area (Å²) in [5, 5.41) is 0. The minimum atomic E-state index is 0.656. The van der Waals surface area contributed by atoms with Crippen LogP contribution in [0.2, 0.25) is 0 Å². The van der Waals surface area contributed by atoms with E-state index < -0.39 is 0 Å². The standard InChI is InChI=1S/C11H17N3O/c12-10-3-4-11(13-9-10)15-8-7-14-5-1-2-6-14/h3-4,9H,1-2,5-8,12H2. The van der Waals surface area contributed by atoms with Gasteiger partial charge in [-0.2, -0.15) is 0 Å². The van der Waals surface area contributed by atoms with Crippen LogP contribution in [0.25, 0.3) is 0 Å². The molecule has 4 heteroatoms. The van der Waals surface area contributed by atoms with Crippen LogP contribution < -0.4 is 10.5 Å². The molecule has 2 N–H and O–H groups in total. The third kappa shape index (κ3) is 3.09. The van der Waals surface area contributed by atoms with E-state index in [1.165, 1.54) is 25.9 Å². The third-order valence-electron chi connectivity index (χ3n) is 2.62. The van der Waals surface area contributed by atoms with E-state index in [9.17, 15) is 0 Å². The lowest BCUT2D eigenvalue weighted by molar-refractivity contribution is 0.232. The van der Waals surface area contributed by atoms with Crippen molar-refractivity contribution in [2.45, 2.75) is 12.8 Å². The molecule has 0 aromatic carbocycles. The van der Waals surface area contributed by atoms with E-state index in [-0.39, 0.29) is 0 Å². The number of hydrogen-bond donors (Lipinski definition) is 1. The van der Waals surface area contributed by atoms with Crippen LogP contribution >= 0.6 is 0 Å². The Morgan fingerprint density at radius 3 is 2.80 bits per heavy atom. The molecule has 1 aliphatic heterocycles. The molecule has 0 bridgehead atoms. The van der Waals surface area contributed by atoms with Gasteiger partial charge in [0.2, 0.25) is 5.88 Å². The molecular formula is C11H17N3O. The maximum Gasteiger partial charge on any atom is 0.213 e. The number of hydrogen-bond acceptors (Lipinski definition) is 4. The Balaban J connectivity index is 1.71. The van der Waals surface area contributed by atoms with Gasteiger partial charge in [0.1, 0.15) is 6.61 Å². The fourth-order valence-electron chi connectivity index (χ4n) is 1.76. The zero-order chi connectivity index (χ0) is 10.5. The average molecular weight is 207 g/mol. The smallest absolute Gasteiger partial charge is 0.213 e. The second kappa shape index (κ2) is 4.98. The van der Waals surface area contributed by atoms with Gasteiger partial charge in [0, 0.05) is 12.6 Å². The highest BCUT2D eigenvalue weighted by Gasteiger charge is 2.10. The predicted molar refractivity (Wildman–Crippen MR) is 59.8 cm³/mol. The maximum atomic E-state index is 5.53. The normalized spacial score (nSPS) is 16.8. The lowest BCUT2D eigenvalue weighted by atomic mass is 10.4. The Labute approximate surface area is 90.0 Å². The van der Waals surface area contributed by atoms with Crippen molar-refractivity contribution in [2.24, 2.45) is 0 Å². The van der Waals surface area contributed by atoms with Crippen LogP contribution in [0.1, 0.15) is 12.8 Å². The second-order valence-electron chi connectivity index (χ2n) is 3.83. The van der Waals surface area contributed by atoms with Crippen molar-refractivity contribution in [3.8, 4) is 5.88 Å². The summed E-state index contributed by atoms with van der Waals surface area (Å²) in [7, 11) is 0. The largest absolute Gasteiger partial charge is 0.476 e. The molecule has 0 spiro atoms. The van der Waals surface area contributed by atoms with Crippen molar-refractivity contribution < 1.29 is 4.74 Å². The number of nitrogen functional groups attached to an aromatic ring is 1. The summed E-state index contributed by atoms with van der Waals surface area (Å²) < 4.78 is 5.51. The third-order valence-corrected chi connectivity index (χ3v) is 2.62. The lowest BCUT2D eigenvalue weighted by Crippen LogP contribution is -2.25. The molecule has 15 heavy (non-hydrogen) atoms. The molecule has 0 amide bonds. The first kappa shape index (κ1) is 10.2. The molecule has 1 aromatic rings. The molecule has 1 fully saturated rings. The summed E-state index contributed by atoms with van der Waals surface area (Å²) in [6, 6.07) is 3.61. The minimum Gasteiger partial charge on any atom is -0.476 e. The highest BCUT2D eigenvalue weighted by atomic mass is 16.5. The first-order valence-corrected chi connectivity index (χ1v) is 5.41. The van der Waals surface area contributed by atoms with E-state index >= 15 is 0 Å². The molecule has 1 aliphatic rings. The number of aromatic nitrogens is 1. The molecule has 2 heterocycles. The zero-order valence-electron chi connectivity index (χ0n) is 8.85. The van der Waals surface area contributed by atoms with Gasteiger partial charge in [0.15, 0.2) is 0 Å². The van der Waals surface area contributed by atoms with E-state index in [2.05, 4.69) is 9.88 Å². The SMILES string of the molecule is Nc1ccc(OCCN2CCCC2)nc1. The quantitative estimate of drug-likeness (QED) is 0.804. The Morgan fingerprint density at radius 1 is 1.33 bits per heavy atom. The molecule has 2 rings (SSSR count). The van der Waals surface area contributed by atoms with Gasteiger partial charge in [-0.05, 0) is 32.0 Å². The number of nitrogens with two attached hydrogens (primary N) is 1. The van der Waals surface area contributed by atoms with Crippen LogP contribution in [0.4, 0.5) is 5.69 Å². The number of pyridine rings is 1. The van der Waals surface area contributed by atoms with Crippen molar-refractivity contribution in [3.63, 3.8) is 0 Å². The summed E-state index contributed by atoms with van der Waals surface area (Å²) in [6.07, 6.45) is 4.26. The van der Waals surface area contributed by atoms with Crippen molar-refractivity contribution in [1.82, 2.24) is 9.88 Å². The molecule has 82 valence electrons. The van der Waals surface area contributed by atoms with Gasteiger partial charge in [-0.3, -0.25) is 4.90 Å². The molecular weight excluding hydrogens is 190 g/mol. The van der Waals surface area contributed by atoms with Gasteiger partial charge in [-0.25, -0.2) is 4.98 Å². The van der Waals surface area contributed by atoms with Crippen LogP contribution in [0.15, 0.2) is 18.3 Å². The molecule has 0 radical (unpaired) electrons. The van der Waals surface area contributed by atoms with E-state index in [1.807, 2.05) is 0 Å². The van der Waals surface area contributed by atoms with E-state index in [0.29, 0.717) is 18.2 Å². The fraction of sp³-hybridized carbons (Fsp3) is 0.545. The molecule has 0 atom stereocenters. The molecule has 1 saturated heterocycles. The van der Waals surface area contributed by atoms with Crippen molar-refractivity contribution in [1.29, 1.82) is 0 Å². The Kier molecular flexibility index (Phi) is 3.40. The number of anilines is 1. The zero-order valence-corrected chi connectivity index (χ0v) is 8.85. The summed E-state index contributed by atoms with van der Waals surface area (Å²) in [6.45, 7) is 4.11. The van der Waals surface area contributed by atoms with E-state index in [4.69, 9.17) is 10.5 Å². The summed E-state index contributed by atoms with van der Waals surface area (Å²) in [5.74, 6) is 0.656. The highest BCUT2D eigenvalue weighted by molar-refractivity contribution is 5.35. The fourth-order valence-corrected chi connectivity index (χ4v) is 1.76. The molecule has 1 aromatic heterocycles. The Morgan fingerprint density at radius 2 is 2.13 bits per heavy atom. The lowest BCUT2D eigenvalue weighted by Gasteiger charge is -2.14. The van der Waals surface area contributed by atoms with E-state index in [0.717, 1.165) is 6.54 Å². The molecule has 4 nitrogen and oxygen atoms in total. The van der Waals surface area contributed by atoms with Crippen LogP contribution in [0.5, 0.6) is 5.88 Å². The first-order chi connectivity index (χ1) is 7.34. The topological polar surface area (TPSA) is 51.4 Å². The van der Waals surface area contributed by atoms with Crippen molar-refractivity contribution >= 4 is 5.69 Å². The number of likely N-dealkylation sites (tertiary alicyclic amines) is 1. The maximum absolute atomic E-state index is 5.53. The molecule has 0 aliphatic carbocycles. The summed E-state index contributed by atoms with van der Waals surface area (Å²) in [5.41, 5.74) is 6.20. The molecule has 0 unspecified atom stereocenters. The average Bonchev–Trinajstić information content (AvgIpc) is 2.74. The minimum absolute atomic E-state index is 0.656. The van der Waals surface area contributed by atoms with Gasteiger partial charge < -0.3 is 10.5 Å². The van der Waals surface area contributed by atoms with Crippen molar-refractivity contribution in [3.05, 3.63) is 18.3 Å².